The predicted octanol–water partition coefficient (Wildman–Crippen LogP) is 2.38. The van der Waals surface area contributed by atoms with Crippen molar-refractivity contribution < 1.29 is 9.90 Å². The fraction of sp³-hybridized carbons (Fsp3) is 0.455. The smallest absolute Gasteiger partial charge is 0.354 e. The van der Waals surface area contributed by atoms with Crippen LogP contribution in [0.25, 0.3) is 0 Å². The summed E-state index contributed by atoms with van der Waals surface area (Å²) >= 11 is 0. The van der Waals surface area contributed by atoms with Crippen LogP contribution in [0.4, 0.5) is 5.69 Å². The van der Waals surface area contributed by atoms with Gasteiger partial charge >= 0.3 is 5.97 Å². The quantitative estimate of drug-likeness (QED) is 0.797. The Labute approximate surface area is 89.3 Å². The van der Waals surface area contributed by atoms with Crippen LogP contribution in [0.5, 0.6) is 0 Å². The second kappa shape index (κ2) is 4.29. The van der Waals surface area contributed by atoms with E-state index in [0.717, 1.165) is 12.1 Å². The maximum atomic E-state index is 10.6. The summed E-state index contributed by atoms with van der Waals surface area (Å²) in [5.74, 6) is -1.00. The summed E-state index contributed by atoms with van der Waals surface area (Å²) < 4.78 is 0. The lowest BCUT2D eigenvalue weighted by Gasteiger charge is -2.25. The number of hydrogen-bond acceptors (Lipinski definition) is 3. The van der Waals surface area contributed by atoms with Crippen LogP contribution in [0.3, 0.4) is 0 Å². The Morgan fingerprint density at radius 3 is 2.60 bits per heavy atom. The van der Waals surface area contributed by atoms with Crippen molar-refractivity contribution in [3.8, 4) is 0 Å². The number of carbonyl (C=O) groups is 1. The van der Waals surface area contributed by atoms with Crippen molar-refractivity contribution in [3.05, 3.63) is 24.0 Å². The first-order chi connectivity index (χ1) is 6.94. The van der Waals surface area contributed by atoms with Crippen LogP contribution in [-0.4, -0.2) is 21.6 Å². The molecule has 0 atom stereocenters. The van der Waals surface area contributed by atoms with Gasteiger partial charge in [0, 0.05) is 5.54 Å². The number of carboxylic acid groups (broad SMARTS) is 1. The van der Waals surface area contributed by atoms with Crippen molar-refractivity contribution in [2.45, 2.75) is 32.7 Å². The second-order valence-corrected chi connectivity index (χ2v) is 4.10. The molecule has 82 valence electrons. The average Bonchev–Trinajstić information content (AvgIpc) is 2.18. The minimum Gasteiger partial charge on any atom is -0.477 e. The van der Waals surface area contributed by atoms with Gasteiger partial charge < -0.3 is 10.4 Å². The van der Waals surface area contributed by atoms with Gasteiger partial charge in [-0.25, -0.2) is 9.78 Å². The predicted molar refractivity (Wildman–Crippen MR) is 59.2 cm³/mol. The standard InChI is InChI=1S/C11H16N2O2/c1-4-11(2,3)13-8-5-6-9(10(14)15)12-7-8/h5-7,13H,4H2,1-3H3,(H,14,15). The fourth-order valence-corrected chi connectivity index (χ4v) is 1.07. The first kappa shape index (κ1) is 11.5. The van der Waals surface area contributed by atoms with Crippen molar-refractivity contribution in [2.75, 3.05) is 5.32 Å². The average molecular weight is 208 g/mol. The van der Waals surface area contributed by atoms with Gasteiger partial charge in [-0.15, -0.1) is 0 Å². The van der Waals surface area contributed by atoms with E-state index < -0.39 is 5.97 Å². The lowest BCUT2D eigenvalue weighted by molar-refractivity contribution is 0.0690. The van der Waals surface area contributed by atoms with Crippen LogP contribution < -0.4 is 5.32 Å². The zero-order valence-electron chi connectivity index (χ0n) is 9.24. The van der Waals surface area contributed by atoms with Crippen molar-refractivity contribution in [2.24, 2.45) is 0 Å². The monoisotopic (exact) mass is 208 g/mol. The topological polar surface area (TPSA) is 62.2 Å². The third-order valence-electron chi connectivity index (χ3n) is 2.35. The molecule has 0 fully saturated rings. The molecule has 1 aromatic heterocycles. The number of hydrogen-bond donors (Lipinski definition) is 2. The summed E-state index contributed by atoms with van der Waals surface area (Å²) in [5, 5.41) is 12.0. The Bertz CT molecular complexity index is 344. The van der Waals surface area contributed by atoms with Crippen LogP contribution in [0, 0.1) is 0 Å². The highest BCUT2D eigenvalue weighted by Crippen LogP contribution is 2.16. The van der Waals surface area contributed by atoms with Gasteiger partial charge in [-0.05, 0) is 32.4 Å². The molecule has 0 aromatic carbocycles. The van der Waals surface area contributed by atoms with Gasteiger partial charge in [-0.2, -0.15) is 0 Å². The molecule has 1 rings (SSSR count). The number of nitrogens with one attached hydrogen (secondary N) is 1. The Kier molecular flexibility index (Phi) is 3.29. The fourth-order valence-electron chi connectivity index (χ4n) is 1.07. The highest BCUT2D eigenvalue weighted by molar-refractivity contribution is 5.85. The van der Waals surface area contributed by atoms with Crippen molar-refractivity contribution >= 4 is 11.7 Å². The molecule has 0 amide bonds. The highest BCUT2D eigenvalue weighted by Gasteiger charge is 2.14. The van der Waals surface area contributed by atoms with Gasteiger partial charge in [0.2, 0.25) is 0 Å². The van der Waals surface area contributed by atoms with Gasteiger partial charge in [-0.1, -0.05) is 6.92 Å². The molecule has 0 bridgehead atoms. The second-order valence-electron chi connectivity index (χ2n) is 4.10. The molecule has 4 nitrogen and oxygen atoms in total. The van der Waals surface area contributed by atoms with E-state index in [2.05, 4.69) is 31.1 Å². The Hall–Kier alpha value is -1.58. The number of aromatic nitrogens is 1. The molecule has 15 heavy (non-hydrogen) atoms. The molecule has 0 radical (unpaired) electrons. The van der Waals surface area contributed by atoms with Crippen molar-refractivity contribution in [3.63, 3.8) is 0 Å². The molecule has 0 spiro atoms. The number of carboxylic acids is 1. The molecule has 4 heteroatoms. The van der Waals surface area contributed by atoms with E-state index in [0.29, 0.717) is 0 Å². The lowest BCUT2D eigenvalue weighted by Crippen LogP contribution is -2.29. The van der Waals surface area contributed by atoms with Gasteiger partial charge in [0.15, 0.2) is 0 Å². The molecule has 0 saturated carbocycles. The molecule has 2 N–H and O–H groups in total. The number of nitrogens with zero attached hydrogens (tertiary/aromatic N) is 1. The molecule has 0 aliphatic carbocycles. The molecule has 0 unspecified atom stereocenters. The number of aromatic carboxylic acids is 1. The van der Waals surface area contributed by atoms with Crippen LogP contribution in [-0.2, 0) is 0 Å². The summed E-state index contributed by atoms with van der Waals surface area (Å²) in [7, 11) is 0. The van der Waals surface area contributed by atoms with E-state index in [1.165, 1.54) is 6.07 Å². The largest absolute Gasteiger partial charge is 0.477 e. The molecule has 0 saturated heterocycles. The van der Waals surface area contributed by atoms with E-state index in [1.54, 1.807) is 12.3 Å². The Balaban J connectivity index is 2.77. The van der Waals surface area contributed by atoms with Crippen LogP contribution >= 0.6 is 0 Å². The van der Waals surface area contributed by atoms with Crippen LogP contribution in [0.2, 0.25) is 0 Å². The van der Waals surface area contributed by atoms with E-state index in [1.807, 2.05) is 0 Å². The first-order valence-electron chi connectivity index (χ1n) is 4.92. The minimum atomic E-state index is -1.00. The summed E-state index contributed by atoms with van der Waals surface area (Å²) in [6, 6.07) is 3.23. The number of pyridine rings is 1. The Morgan fingerprint density at radius 2 is 2.20 bits per heavy atom. The van der Waals surface area contributed by atoms with E-state index in [-0.39, 0.29) is 11.2 Å². The van der Waals surface area contributed by atoms with Crippen LogP contribution in [0.1, 0.15) is 37.7 Å². The third kappa shape index (κ3) is 3.23. The van der Waals surface area contributed by atoms with Crippen molar-refractivity contribution in [1.29, 1.82) is 0 Å². The van der Waals surface area contributed by atoms with E-state index in [9.17, 15) is 4.79 Å². The Morgan fingerprint density at radius 1 is 1.53 bits per heavy atom. The molecule has 0 aliphatic rings. The first-order valence-corrected chi connectivity index (χ1v) is 4.92. The number of anilines is 1. The lowest BCUT2D eigenvalue weighted by atomic mass is 10.0. The zero-order chi connectivity index (χ0) is 11.5. The summed E-state index contributed by atoms with van der Waals surface area (Å²) in [4.78, 5) is 14.4. The van der Waals surface area contributed by atoms with Gasteiger partial charge in [-0.3, -0.25) is 0 Å². The summed E-state index contributed by atoms with van der Waals surface area (Å²) in [5.41, 5.74) is 0.897. The molecule has 1 heterocycles. The minimum absolute atomic E-state index is 0.00752. The highest BCUT2D eigenvalue weighted by atomic mass is 16.4. The number of rotatable bonds is 4. The molecule has 1 aromatic rings. The van der Waals surface area contributed by atoms with Crippen LogP contribution in [0.15, 0.2) is 18.3 Å². The molecular weight excluding hydrogens is 192 g/mol. The van der Waals surface area contributed by atoms with E-state index >= 15 is 0 Å². The summed E-state index contributed by atoms with van der Waals surface area (Å²) in [6.45, 7) is 6.25. The van der Waals surface area contributed by atoms with Gasteiger partial charge in [0.25, 0.3) is 0 Å². The zero-order valence-corrected chi connectivity index (χ0v) is 9.24. The molecule has 0 aliphatic heterocycles. The third-order valence-corrected chi connectivity index (χ3v) is 2.35. The maximum Gasteiger partial charge on any atom is 0.354 e. The maximum absolute atomic E-state index is 10.6. The summed E-state index contributed by atoms with van der Waals surface area (Å²) in [6.07, 6.45) is 2.52. The van der Waals surface area contributed by atoms with E-state index in [4.69, 9.17) is 5.11 Å². The molecular formula is C11H16N2O2. The van der Waals surface area contributed by atoms with Gasteiger partial charge in [0.05, 0.1) is 11.9 Å². The van der Waals surface area contributed by atoms with Crippen molar-refractivity contribution in [1.82, 2.24) is 4.98 Å². The SMILES string of the molecule is CCC(C)(C)Nc1ccc(C(=O)O)nc1. The van der Waals surface area contributed by atoms with Gasteiger partial charge in [0.1, 0.15) is 5.69 Å². The normalized spacial score (nSPS) is 11.1.